The van der Waals surface area contributed by atoms with Gasteiger partial charge < -0.3 is 30.5 Å². The summed E-state index contributed by atoms with van der Waals surface area (Å²) in [5.41, 5.74) is 5.77. The molecule has 0 spiro atoms. The molecule has 0 aromatic heterocycles. The van der Waals surface area contributed by atoms with Gasteiger partial charge in [0.05, 0.1) is 5.56 Å². The average molecular weight is 475 g/mol. The minimum atomic E-state index is -4.55. The number of nitrogens with two attached hydrogens (primary N) is 1. The summed E-state index contributed by atoms with van der Waals surface area (Å²) in [6, 6.07) is 15.1. The van der Waals surface area contributed by atoms with E-state index in [4.69, 9.17) is 10.5 Å². The number of rotatable bonds is 10. The Kier molecular flexibility index (Phi) is 8.63. The Bertz CT molecular complexity index is 997. The predicted molar refractivity (Wildman–Crippen MR) is 124 cm³/mol. The van der Waals surface area contributed by atoms with E-state index in [2.05, 4.69) is 5.32 Å². The summed E-state index contributed by atoms with van der Waals surface area (Å²) in [7, 11) is -4.55. The van der Waals surface area contributed by atoms with Gasteiger partial charge in [-0.15, -0.1) is 0 Å². The van der Waals surface area contributed by atoms with Gasteiger partial charge in [-0.05, 0) is 62.9 Å². The van der Waals surface area contributed by atoms with Crippen molar-refractivity contribution in [2.75, 3.05) is 13.1 Å². The lowest BCUT2D eigenvalue weighted by molar-refractivity contribution is -0.125. The van der Waals surface area contributed by atoms with Gasteiger partial charge in [-0.1, -0.05) is 30.3 Å². The molecule has 2 amide bonds. The molecule has 2 unspecified atom stereocenters. The molecular formula is C23H30N3O6P. The van der Waals surface area contributed by atoms with Crippen LogP contribution in [0.5, 0.6) is 11.5 Å². The molecule has 9 nitrogen and oxygen atoms in total. The second-order valence-corrected chi connectivity index (χ2v) is 9.77. The minimum absolute atomic E-state index is 0.113. The van der Waals surface area contributed by atoms with Crippen LogP contribution in [-0.4, -0.2) is 51.4 Å². The number of ether oxygens (including phenoxy) is 1. The fraction of sp³-hybridized carbons (Fsp3) is 0.391. The van der Waals surface area contributed by atoms with Crippen molar-refractivity contribution in [1.29, 1.82) is 0 Å². The number of carbonyl (C=O) groups is 2. The summed E-state index contributed by atoms with van der Waals surface area (Å²) in [6.45, 7) is 0.765. The molecule has 178 valence electrons. The van der Waals surface area contributed by atoms with Gasteiger partial charge in [0.15, 0.2) is 0 Å². The molecule has 2 aromatic rings. The normalized spacial score (nSPS) is 16.9. The molecule has 2 atom stereocenters. The van der Waals surface area contributed by atoms with Crippen molar-refractivity contribution in [3.8, 4) is 11.5 Å². The second-order valence-electron chi connectivity index (χ2n) is 7.97. The first kappa shape index (κ1) is 24.9. The van der Waals surface area contributed by atoms with E-state index >= 15 is 0 Å². The van der Waals surface area contributed by atoms with Crippen molar-refractivity contribution in [2.24, 2.45) is 5.73 Å². The van der Waals surface area contributed by atoms with Gasteiger partial charge >= 0.3 is 7.60 Å². The topological polar surface area (TPSA) is 142 Å². The summed E-state index contributed by atoms with van der Waals surface area (Å²) in [6.07, 6.45) is 2.21. The highest BCUT2D eigenvalue weighted by atomic mass is 31.2. The first-order valence-electron chi connectivity index (χ1n) is 11.0. The molecule has 33 heavy (non-hydrogen) atoms. The molecule has 1 fully saturated rings. The van der Waals surface area contributed by atoms with Crippen molar-refractivity contribution >= 4 is 19.4 Å². The first-order valence-corrected chi connectivity index (χ1v) is 12.7. The number of nitrogens with zero attached hydrogens (tertiary/aromatic N) is 1. The molecule has 5 N–H and O–H groups in total. The summed E-state index contributed by atoms with van der Waals surface area (Å²) >= 11 is 0. The van der Waals surface area contributed by atoms with E-state index in [1.807, 2.05) is 18.2 Å². The monoisotopic (exact) mass is 475 g/mol. The zero-order valence-corrected chi connectivity index (χ0v) is 19.2. The van der Waals surface area contributed by atoms with Crippen LogP contribution in [0.25, 0.3) is 0 Å². The maximum Gasteiger partial charge on any atom is 0.347 e. The maximum absolute atomic E-state index is 13.4. The van der Waals surface area contributed by atoms with E-state index < -0.39 is 25.3 Å². The Hall–Kier alpha value is -2.71. The number of amides is 2. The van der Waals surface area contributed by atoms with Crippen LogP contribution in [-0.2, 0) is 9.36 Å². The molecule has 1 heterocycles. The highest BCUT2D eigenvalue weighted by Gasteiger charge is 2.38. The molecule has 3 rings (SSSR count). The van der Waals surface area contributed by atoms with Crippen LogP contribution in [0.4, 0.5) is 0 Å². The molecule has 1 aliphatic heterocycles. The van der Waals surface area contributed by atoms with Gasteiger partial charge in [0.2, 0.25) is 5.91 Å². The summed E-state index contributed by atoms with van der Waals surface area (Å²) < 4.78 is 17.8. The zero-order chi connectivity index (χ0) is 23.8. The standard InChI is InChI=1S/C23H30N3O6P/c24-15-7-6-14-21(33(29,30)31)25-22(27)19-12-8-16-26(19)23(28)18-11-4-5-13-20(18)32-17-9-2-1-3-10-17/h1-5,9-11,13,19,21H,6-8,12,14-16,24H2,(H,25,27)(H2,29,30,31). The molecular weight excluding hydrogens is 445 g/mol. The Morgan fingerprint density at radius 3 is 2.52 bits per heavy atom. The quantitative estimate of drug-likeness (QED) is 0.306. The summed E-state index contributed by atoms with van der Waals surface area (Å²) in [4.78, 5) is 47.1. The molecule has 1 aliphatic rings. The Balaban J connectivity index is 1.75. The van der Waals surface area contributed by atoms with Gasteiger partial charge in [0.25, 0.3) is 5.91 Å². The minimum Gasteiger partial charge on any atom is -0.457 e. The van der Waals surface area contributed by atoms with Crippen molar-refractivity contribution < 1.29 is 28.7 Å². The third-order valence-electron chi connectivity index (χ3n) is 5.55. The smallest absolute Gasteiger partial charge is 0.347 e. The SMILES string of the molecule is NCCCCC(NC(=O)C1CCCN1C(=O)c1ccccc1Oc1ccccc1)P(=O)(O)O. The van der Waals surface area contributed by atoms with Crippen LogP contribution >= 0.6 is 7.60 Å². The number of likely N-dealkylation sites (tertiary alicyclic amines) is 1. The molecule has 2 aromatic carbocycles. The van der Waals surface area contributed by atoms with E-state index in [0.29, 0.717) is 55.8 Å². The molecule has 10 heteroatoms. The van der Waals surface area contributed by atoms with Gasteiger partial charge in [0.1, 0.15) is 23.3 Å². The van der Waals surface area contributed by atoms with E-state index in [-0.39, 0.29) is 12.3 Å². The van der Waals surface area contributed by atoms with Gasteiger partial charge in [-0.2, -0.15) is 0 Å². The van der Waals surface area contributed by atoms with Crippen molar-refractivity contribution in [1.82, 2.24) is 10.2 Å². The Labute approximate surface area is 193 Å². The number of nitrogens with one attached hydrogen (secondary N) is 1. The van der Waals surface area contributed by atoms with Crippen LogP contribution in [0.3, 0.4) is 0 Å². The molecule has 0 saturated carbocycles. The van der Waals surface area contributed by atoms with E-state index in [0.717, 1.165) is 0 Å². The van der Waals surface area contributed by atoms with Crippen LogP contribution < -0.4 is 15.8 Å². The number of hydrogen-bond donors (Lipinski definition) is 4. The van der Waals surface area contributed by atoms with Crippen molar-refractivity contribution in [3.63, 3.8) is 0 Å². The second kappa shape index (κ2) is 11.4. The van der Waals surface area contributed by atoms with Crippen molar-refractivity contribution in [3.05, 3.63) is 60.2 Å². The number of hydrogen-bond acceptors (Lipinski definition) is 5. The van der Waals surface area contributed by atoms with Crippen molar-refractivity contribution in [2.45, 2.75) is 43.9 Å². The first-order chi connectivity index (χ1) is 15.8. The highest BCUT2D eigenvalue weighted by Crippen LogP contribution is 2.42. The predicted octanol–water partition coefficient (Wildman–Crippen LogP) is 2.83. The molecule has 1 saturated heterocycles. The van der Waals surface area contributed by atoms with Crippen LogP contribution in [0, 0.1) is 0 Å². The number of carbonyl (C=O) groups excluding carboxylic acids is 2. The lowest BCUT2D eigenvalue weighted by Crippen LogP contribution is -2.48. The average Bonchev–Trinajstić information content (AvgIpc) is 3.28. The molecule has 0 aliphatic carbocycles. The third kappa shape index (κ3) is 6.65. The fourth-order valence-corrected chi connectivity index (χ4v) is 4.67. The van der Waals surface area contributed by atoms with Gasteiger partial charge in [0, 0.05) is 6.54 Å². The number of benzene rings is 2. The van der Waals surface area contributed by atoms with Gasteiger partial charge in [-0.3, -0.25) is 14.2 Å². The highest BCUT2D eigenvalue weighted by molar-refractivity contribution is 7.52. The zero-order valence-electron chi connectivity index (χ0n) is 18.3. The van der Waals surface area contributed by atoms with Gasteiger partial charge in [-0.25, -0.2) is 0 Å². The van der Waals surface area contributed by atoms with E-state index in [1.54, 1.807) is 36.4 Å². The Morgan fingerprint density at radius 1 is 1.12 bits per heavy atom. The largest absolute Gasteiger partial charge is 0.457 e. The molecule has 0 bridgehead atoms. The summed E-state index contributed by atoms with van der Waals surface area (Å²) in [5, 5.41) is 2.48. The lowest BCUT2D eigenvalue weighted by atomic mass is 10.1. The third-order valence-corrected chi connectivity index (χ3v) is 6.75. The fourth-order valence-electron chi connectivity index (χ4n) is 3.85. The maximum atomic E-state index is 13.4. The molecule has 0 radical (unpaired) electrons. The van der Waals surface area contributed by atoms with E-state index in [1.165, 1.54) is 4.90 Å². The lowest BCUT2D eigenvalue weighted by Gasteiger charge is -2.27. The van der Waals surface area contributed by atoms with Crippen LogP contribution in [0.15, 0.2) is 54.6 Å². The Morgan fingerprint density at radius 2 is 1.82 bits per heavy atom. The summed E-state index contributed by atoms with van der Waals surface area (Å²) in [5.74, 6) is -1.29. The number of unbranched alkanes of at least 4 members (excludes halogenated alkanes) is 1. The van der Waals surface area contributed by atoms with Crippen LogP contribution in [0.2, 0.25) is 0 Å². The number of para-hydroxylation sites is 2. The van der Waals surface area contributed by atoms with E-state index in [9.17, 15) is 23.9 Å². The van der Waals surface area contributed by atoms with Crippen LogP contribution in [0.1, 0.15) is 42.5 Å².